The zero-order valence-electron chi connectivity index (χ0n) is 11.6. The summed E-state index contributed by atoms with van der Waals surface area (Å²) in [5.74, 6) is 0.625. The molecule has 0 amide bonds. The summed E-state index contributed by atoms with van der Waals surface area (Å²) in [7, 11) is 0. The van der Waals surface area contributed by atoms with Crippen LogP contribution in [-0.2, 0) is 6.54 Å². The van der Waals surface area contributed by atoms with Crippen LogP contribution in [0.2, 0.25) is 0 Å². The third-order valence-corrected chi connectivity index (χ3v) is 3.16. The molecule has 2 N–H and O–H groups in total. The highest BCUT2D eigenvalue weighted by atomic mass is 15.1. The molecular weight excluding hydrogens is 260 g/mol. The first kappa shape index (κ1) is 13.1. The molecule has 0 spiro atoms. The number of nitrogens with zero attached hydrogens (tertiary/aromatic N) is 2. The van der Waals surface area contributed by atoms with Crippen LogP contribution in [0, 0.1) is 0 Å². The highest BCUT2D eigenvalue weighted by molar-refractivity contribution is 5.75. The summed E-state index contributed by atoms with van der Waals surface area (Å²) >= 11 is 0. The van der Waals surface area contributed by atoms with Crippen LogP contribution in [0.4, 0.5) is 5.95 Å². The molecule has 0 fully saturated rings. The molecule has 0 aliphatic carbocycles. The lowest BCUT2D eigenvalue weighted by Gasteiger charge is -2.10. The van der Waals surface area contributed by atoms with Crippen molar-refractivity contribution in [2.24, 2.45) is 0 Å². The Morgan fingerprint density at radius 1 is 1.05 bits per heavy atom. The molecule has 0 radical (unpaired) electrons. The second-order valence-corrected chi connectivity index (χ2v) is 4.74. The summed E-state index contributed by atoms with van der Waals surface area (Å²) in [6.45, 7) is 4.54. The van der Waals surface area contributed by atoms with E-state index in [9.17, 15) is 0 Å². The van der Waals surface area contributed by atoms with Gasteiger partial charge in [-0.25, -0.2) is 9.97 Å². The quantitative estimate of drug-likeness (QED) is 0.901. The summed E-state index contributed by atoms with van der Waals surface area (Å²) in [6.07, 6.45) is 9.45. The fourth-order valence-corrected chi connectivity index (χ4v) is 1.98. The molecule has 21 heavy (non-hydrogen) atoms. The summed E-state index contributed by atoms with van der Waals surface area (Å²) < 4.78 is 0. The summed E-state index contributed by atoms with van der Waals surface area (Å²) in [5, 5.41) is 6.29. The monoisotopic (exact) mass is 276 g/mol. The van der Waals surface area contributed by atoms with Crippen molar-refractivity contribution < 1.29 is 0 Å². The van der Waals surface area contributed by atoms with Gasteiger partial charge in [-0.2, -0.15) is 0 Å². The maximum absolute atomic E-state index is 4.34. The standard InChI is InChI=1S/C17H16N4/c1-13-7-8-15(10-18-13)16-11-20-17(21-12-16)19-9-14-5-3-2-4-6-14/h2-8,10-12,18H,1,9H2,(H,19,20,21). The van der Waals surface area contributed by atoms with Gasteiger partial charge in [-0.1, -0.05) is 43.0 Å². The maximum Gasteiger partial charge on any atom is 0.222 e. The van der Waals surface area contributed by atoms with Gasteiger partial charge in [0, 0.05) is 42.0 Å². The molecule has 4 nitrogen and oxygen atoms in total. The lowest BCUT2D eigenvalue weighted by atomic mass is 10.1. The van der Waals surface area contributed by atoms with Gasteiger partial charge < -0.3 is 10.6 Å². The van der Waals surface area contributed by atoms with Gasteiger partial charge in [-0.15, -0.1) is 0 Å². The second kappa shape index (κ2) is 6.05. The average Bonchev–Trinajstić information content (AvgIpc) is 2.55. The van der Waals surface area contributed by atoms with Crippen LogP contribution in [-0.4, -0.2) is 9.97 Å². The van der Waals surface area contributed by atoms with E-state index in [-0.39, 0.29) is 0 Å². The highest BCUT2D eigenvalue weighted by Crippen LogP contribution is 2.17. The van der Waals surface area contributed by atoms with E-state index >= 15 is 0 Å². The molecule has 0 saturated carbocycles. The van der Waals surface area contributed by atoms with Gasteiger partial charge in [0.2, 0.25) is 5.95 Å². The molecule has 3 rings (SSSR count). The number of dihydropyridines is 1. The minimum Gasteiger partial charge on any atom is -0.362 e. The number of allylic oxidation sites excluding steroid dienone is 3. The van der Waals surface area contributed by atoms with Gasteiger partial charge in [0.1, 0.15) is 0 Å². The third-order valence-electron chi connectivity index (χ3n) is 3.16. The number of hydrogen-bond acceptors (Lipinski definition) is 4. The van der Waals surface area contributed by atoms with Crippen molar-refractivity contribution in [1.82, 2.24) is 15.3 Å². The number of nitrogens with one attached hydrogen (secondary N) is 2. The SMILES string of the molecule is C=C1C=CC(c2cnc(NCc3ccccc3)nc2)=CN1. The third kappa shape index (κ3) is 3.36. The van der Waals surface area contributed by atoms with Crippen LogP contribution >= 0.6 is 0 Å². The van der Waals surface area contributed by atoms with Crippen LogP contribution < -0.4 is 10.6 Å². The van der Waals surface area contributed by atoms with Crippen molar-refractivity contribution in [3.8, 4) is 0 Å². The van der Waals surface area contributed by atoms with Crippen LogP contribution in [0.3, 0.4) is 0 Å². The molecule has 2 heterocycles. The molecule has 2 aromatic rings. The van der Waals surface area contributed by atoms with Crippen molar-refractivity contribution >= 4 is 11.5 Å². The Bertz CT molecular complexity index is 684. The molecule has 0 saturated heterocycles. The van der Waals surface area contributed by atoms with E-state index in [0.29, 0.717) is 12.5 Å². The first-order chi connectivity index (χ1) is 10.3. The number of rotatable bonds is 4. The van der Waals surface area contributed by atoms with Gasteiger partial charge in [0.15, 0.2) is 0 Å². The number of benzene rings is 1. The van der Waals surface area contributed by atoms with Gasteiger partial charge in [0.25, 0.3) is 0 Å². The summed E-state index contributed by atoms with van der Waals surface area (Å²) in [5.41, 5.74) is 4.08. The lowest BCUT2D eigenvalue weighted by molar-refractivity contribution is 1.05. The molecule has 0 bridgehead atoms. The zero-order valence-corrected chi connectivity index (χ0v) is 11.6. The average molecular weight is 276 g/mol. The lowest BCUT2D eigenvalue weighted by Crippen LogP contribution is -2.07. The molecule has 0 atom stereocenters. The fraction of sp³-hybridized carbons (Fsp3) is 0.0588. The van der Waals surface area contributed by atoms with E-state index in [1.807, 2.05) is 48.9 Å². The first-order valence-corrected chi connectivity index (χ1v) is 6.75. The van der Waals surface area contributed by atoms with E-state index in [1.54, 1.807) is 0 Å². The summed E-state index contributed by atoms with van der Waals surface area (Å²) in [4.78, 5) is 8.68. The molecule has 104 valence electrons. The van der Waals surface area contributed by atoms with Gasteiger partial charge in [0.05, 0.1) is 0 Å². The maximum atomic E-state index is 4.34. The van der Waals surface area contributed by atoms with Crippen molar-refractivity contribution in [3.05, 3.63) is 84.5 Å². The van der Waals surface area contributed by atoms with Gasteiger partial charge in [-0.05, 0) is 11.6 Å². The minimum atomic E-state index is 0.625. The number of aromatic nitrogens is 2. The molecule has 1 aromatic heterocycles. The molecular formula is C17H16N4. The Morgan fingerprint density at radius 3 is 2.48 bits per heavy atom. The van der Waals surface area contributed by atoms with E-state index in [0.717, 1.165) is 16.8 Å². The predicted molar refractivity (Wildman–Crippen MR) is 85.2 cm³/mol. The van der Waals surface area contributed by atoms with Crippen LogP contribution in [0.1, 0.15) is 11.1 Å². The Balaban J connectivity index is 1.65. The van der Waals surface area contributed by atoms with Crippen LogP contribution in [0.5, 0.6) is 0 Å². The van der Waals surface area contributed by atoms with Crippen molar-refractivity contribution in [2.45, 2.75) is 6.54 Å². The molecule has 1 aromatic carbocycles. The molecule has 4 heteroatoms. The van der Waals surface area contributed by atoms with E-state index in [2.05, 4.69) is 39.3 Å². The van der Waals surface area contributed by atoms with Crippen LogP contribution in [0.25, 0.3) is 5.57 Å². The fourth-order valence-electron chi connectivity index (χ4n) is 1.98. The Morgan fingerprint density at radius 2 is 1.81 bits per heavy atom. The van der Waals surface area contributed by atoms with Gasteiger partial charge >= 0.3 is 0 Å². The Labute approximate surface area is 124 Å². The Kier molecular flexibility index (Phi) is 3.78. The van der Waals surface area contributed by atoms with E-state index in [1.165, 1.54) is 5.56 Å². The second-order valence-electron chi connectivity index (χ2n) is 4.74. The number of anilines is 1. The normalized spacial score (nSPS) is 13.5. The van der Waals surface area contributed by atoms with E-state index < -0.39 is 0 Å². The zero-order chi connectivity index (χ0) is 14.5. The first-order valence-electron chi connectivity index (χ1n) is 6.75. The van der Waals surface area contributed by atoms with Gasteiger partial charge in [-0.3, -0.25) is 0 Å². The molecule has 1 aliphatic heterocycles. The number of hydrogen-bond donors (Lipinski definition) is 2. The summed E-state index contributed by atoms with van der Waals surface area (Å²) in [6, 6.07) is 10.2. The van der Waals surface area contributed by atoms with Crippen LogP contribution in [0.15, 0.2) is 73.4 Å². The Hall–Kier alpha value is -2.88. The molecule has 0 unspecified atom stereocenters. The topological polar surface area (TPSA) is 49.8 Å². The largest absolute Gasteiger partial charge is 0.362 e. The van der Waals surface area contributed by atoms with Crippen molar-refractivity contribution in [1.29, 1.82) is 0 Å². The minimum absolute atomic E-state index is 0.625. The van der Waals surface area contributed by atoms with E-state index in [4.69, 9.17) is 0 Å². The smallest absolute Gasteiger partial charge is 0.222 e. The van der Waals surface area contributed by atoms with Crippen molar-refractivity contribution in [2.75, 3.05) is 5.32 Å². The molecule has 1 aliphatic rings. The highest BCUT2D eigenvalue weighted by Gasteiger charge is 2.04. The predicted octanol–water partition coefficient (Wildman–Crippen LogP) is 3.10. The van der Waals surface area contributed by atoms with Crippen molar-refractivity contribution in [3.63, 3.8) is 0 Å².